The zero-order valence-corrected chi connectivity index (χ0v) is 10.8. The molecular weight excluding hydrogens is 232 g/mol. The zero-order chi connectivity index (χ0) is 12.4. The van der Waals surface area contributed by atoms with Crippen molar-refractivity contribution in [2.45, 2.75) is 19.3 Å². The molecule has 0 saturated carbocycles. The molecule has 0 aromatic heterocycles. The van der Waals surface area contributed by atoms with E-state index in [2.05, 4.69) is 4.72 Å². The van der Waals surface area contributed by atoms with E-state index in [9.17, 15) is 8.42 Å². The molecule has 6 nitrogen and oxygen atoms in total. The van der Waals surface area contributed by atoms with E-state index in [4.69, 9.17) is 9.84 Å². The lowest BCUT2D eigenvalue weighted by molar-refractivity contribution is 0.204. The van der Waals surface area contributed by atoms with Gasteiger partial charge in [0.15, 0.2) is 0 Å². The number of nitrogens with zero attached hydrogens (tertiary/aromatic N) is 1. The van der Waals surface area contributed by atoms with E-state index < -0.39 is 10.2 Å². The number of hydrogen-bond acceptors (Lipinski definition) is 4. The molecule has 0 unspecified atom stereocenters. The average molecular weight is 254 g/mol. The van der Waals surface area contributed by atoms with E-state index in [0.29, 0.717) is 19.6 Å². The zero-order valence-electron chi connectivity index (χ0n) is 9.98. The van der Waals surface area contributed by atoms with Gasteiger partial charge in [0.2, 0.25) is 0 Å². The van der Waals surface area contributed by atoms with Crippen molar-refractivity contribution in [1.82, 2.24) is 9.03 Å². The summed E-state index contributed by atoms with van der Waals surface area (Å²) in [5.41, 5.74) is 0. The van der Waals surface area contributed by atoms with Gasteiger partial charge < -0.3 is 9.84 Å². The molecule has 0 spiro atoms. The van der Waals surface area contributed by atoms with Gasteiger partial charge in [0, 0.05) is 33.9 Å². The SMILES string of the molecule is COCCNS(=O)(=O)N(C)CCCCCO. The second-order valence-electron chi connectivity index (χ2n) is 3.50. The van der Waals surface area contributed by atoms with E-state index in [1.54, 1.807) is 0 Å². The minimum atomic E-state index is -3.38. The molecule has 2 N–H and O–H groups in total. The molecule has 0 bridgehead atoms. The third kappa shape index (κ3) is 7.13. The number of rotatable bonds is 10. The fourth-order valence-corrected chi connectivity index (χ4v) is 2.06. The standard InChI is InChI=1S/C9H22N2O4S/c1-11(7-4-3-5-8-12)16(13,14)10-6-9-15-2/h10,12H,3-9H2,1-2H3. The number of nitrogens with one attached hydrogen (secondary N) is 1. The Labute approximate surface area is 97.8 Å². The molecule has 0 saturated heterocycles. The first-order chi connectivity index (χ1) is 7.54. The lowest BCUT2D eigenvalue weighted by Crippen LogP contribution is -2.40. The molecule has 0 aliphatic carbocycles. The first-order valence-corrected chi connectivity index (χ1v) is 6.79. The third-order valence-electron chi connectivity index (χ3n) is 2.13. The van der Waals surface area contributed by atoms with Crippen molar-refractivity contribution in [2.24, 2.45) is 0 Å². The summed E-state index contributed by atoms with van der Waals surface area (Å²) in [5, 5.41) is 8.58. The lowest BCUT2D eigenvalue weighted by Gasteiger charge is -2.17. The van der Waals surface area contributed by atoms with Crippen molar-refractivity contribution >= 4 is 10.2 Å². The van der Waals surface area contributed by atoms with Crippen LogP contribution in [0, 0.1) is 0 Å². The minimum absolute atomic E-state index is 0.155. The Kier molecular flexibility index (Phi) is 8.77. The quantitative estimate of drug-likeness (QED) is 0.518. The first kappa shape index (κ1) is 15.8. The molecule has 0 amide bonds. The Morgan fingerprint density at radius 3 is 2.56 bits per heavy atom. The fourth-order valence-electron chi connectivity index (χ4n) is 1.13. The summed E-state index contributed by atoms with van der Waals surface area (Å²) >= 11 is 0. The molecule has 0 heterocycles. The minimum Gasteiger partial charge on any atom is -0.396 e. The topological polar surface area (TPSA) is 78.9 Å². The molecule has 0 fully saturated rings. The fraction of sp³-hybridized carbons (Fsp3) is 1.00. The highest BCUT2D eigenvalue weighted by Gasteiger charge is 2.15. The third-order valence-corrected chi connectivity index (χ3v) is 3.70. The van der Waals surface area contributed by atoms with Crippen LogP contribution >= 0.6 is 0 Å². The van der Waals surface area contributed by atoms with Crippen molar-refractivity contribution in [3.63, 3.8) is 0 Å². The van der Waals surface area contributed by atoms with Gasteiger partial charge in [-0.2, -0.15) is 17.4 Å². The van der Waals surface area contributed by atoms with Gasteiger partial charge in [-0.15, -0.1) is 0 Å². The Morgan fingerprint density at radius 1 is 1.31 bits per heavy atom. The van der Waals surface area contributed by atoms with Crippen LogP contribution in [0.25, 0.3) is 0 Å². The number of unbranched alkanes of at least 4 members (excludes halogenated alkanes) is 2. The van der Waals surface area contributed by atoms with Crippen LogP contribution < -0.4 is 4.72 Å². The first-order valence-electron chi connectivity index (χ1n) is 5.35. The van der Waals surface area contributed by atoms with Gasteiger partial charge in [-0.05, 0) is 19.3 Å². The molecule has 0 radical (unpaired) electrons. The summed E-state index contributed by atoms with van der Waals surface area (Å²) in [6.45, 7) is 1.25. The molecule has 0 atom stereocenters. The predicted molar refractivity (Wildman–Crippen MR) is 62.4 cm³/mol. The van der Waals surface area contributed by atoms with Crippen molar-refractivity contribution < 1.29 is 18.3 Å². The van der Waals surface area contributed by atoms with E-state index in [1.807, 2.05) is 0 Å². The summed E-state index contributed by atoms with van der Waals surface area (Å²) in [6.07, 6.45) is 2.29. The number of methoxy groups -OCH3 is 1. The Bertz CT molecular complexity index is 256. The lowest BCUT2D eigenvalue weighted by atomic mass is 10.2. The van der Waals surface area contributed by atoms with Gasteiger partial charge >= 0.3 is 0 Å². The van der Waals surface area contributed by atoms with Crippen molar-refractivity contribution in [3.8, 4) is 0 Å². The van der Waals surface area contributed by atoms with Crippen LogP contribution in [0.2, 0.25) is 0 Å². The second-order valence-corrected chi connectivity index (χ2v) is 5.36. The number of aliphatic hydroxyl groups excluding tert-OH is 1. The normalized spacial score (nSPS) is 12.2. The van der Waals surface area contributed by atoms with Crippen LogP contribution in [-0.4, -0.2) is 58.3 Å². The van der Waals surface area contributed by atoms with Crippen LogP contribution in [0.3, 0.4) is 0 Å². The highest BCUT2D eigenvalue weighted by Crippen LogP contribution is 2.00. The van der Waals surface area contributed by atoms with Crippen LogP contribution in [-0.2, 0) is 14.9 Å². The molecule has 0 aromatic rings. The summed E-state index contributed by atoms with van der Waals surface area (Å²) in [6, 6.07) is 0. The number of ether oxygens (including phenoxy) is 1. The molecular formula is C9H22N2O4S. The maximum Gasteiger partial charge on any atom is 0.279 e. The van der Waals surface area contributed by atoms with Gasteiger partial charge in [0.1, 0.15) is 0 Å². The molecule has 98 valence electrons. The summed E-state index contributed by atoms with van der Waals surface area (Å²) in [7, 11) is -0.322. The van der Waals surface area contributed by atoms with Gasteiger partial charge in [-0.3, -0.25) is 0 Å². The average Bonchev–Trinajstić information content (AvgIpc) is 2.24. The van der Waals surface area contributed by atoms with Crippen LogP contribution in [0.5, 0.6) is 0 Å². The molecule has 0 aliphatic rings. The van der Waals surface area contributed by atoms with E-state index in [1.165, 1.54) is 18.5 Å². The summed E-state index contributed by atoms with van der Waals surface area (Å²) in [5.74, 6) is 0. The van der Waals surface area contributed by atoms with E-state index >= 15 is 0 Å². The van der Waals surface area contributed by atoms with Gasteiger partial charge in [0.05, 0.1) is 6.61 Å². The van der Waals surface area contributed by atoms with Gasteiger partial charge in [0.25, 0.3) is 10.2 Å². The highest BCUT2D eigenvalue weighted by atomic mass is 32.2. The highest BCUT2D eigenvalue weighted by molar-refractivity contribution is 7.87. The maximum atomic E-state index is 11.6. The largest absolute Gasteiger partial charge is 0.396 e. The smallest absolute Gasteiger partial charge is 0.279 e. The van der Waals surface area contributed by atoms with Crippen molar-refractivity contribution in [3.05, 3.63) is 0 Å². The van der Waals surface area contributed by atoms with Gasteiger partial charge in [-0.25, -0.2) is 0 Å². The van der Waals surface area contributed by atoms with E-state index in [-0.39, 0.29) is 13.2 Å². The predicted octanol–water partition coefficient (Wildman–Crippen LogP) is -0.438. The Balaban J connectivity index is 3.81. The molecule has 7 heteroatoms. The van der Waals surface area contributed by atoms with Crippen molar-refractivity contribution in [2.75, 3.05) is 40.5 Å². The maximum absolute atomic E-state index is 11.6. The summed E-state index contributed by atoms with van der Waals surface area (Å²) in [4.78, 5) is 0. The molecule has 0 aliphatic heterocycles. The number of hydrogen-bond donors (Lipinski definition) is 2. The van der Waals surface area contributed by atoms with Crippen LogP contribution in [0.1, 0.15) is 19.3 Å². The Hall–Kier alpha value is -0.210. The van der Waals surface area contributed by atoms with Crippen molar-refractivity contribution in [1.29, 1.82) is 0 Å². The van der Waals surface area contributed by atoms with E-state index in [0.717, 1.165) is 12.8 Å². The van der Waals surface area contributed by atoms with Crippen LogP contribution in [0.4, 0.5) is 0 Å². The molecule has 0 aromatic carbocycles. The number of aliphatic hydroxyl groups is 1. The van der Waals surface area contributed by atoms with Crippen LogP contribution in [0.15, 0.2) is 0 Å². The monoisotopic (exact) mass is 254 g/mol. The molecule has 0 rings (SSSR count). The molecule has 16 heavy (non-hydrogen) atoms. The second kappa shape index (κ2) is 8.89. The Morgan fingerprint density at radius 2 is 2.00 bits per heavy atom. The van der Waals surface area contributed by atoms with Gasteiger partial charge in [-0.1, -0.05) is 0 Å². The summed E-state index contributed by atoms with van der Waals surface area (Å²) < 4.78 is 31.6.